The molecule has 2 aliphatic carbocycles. The summed E-state index contributed by atoms with van der Waals surface area (Å²) in [6.07, 6.45) is 10.3. The Hall–Kier alpha value is -2.39. The smallest absolute Gasteiger partial charge is 0.195 e. The zero-order valence-corrected chi connectivity index (χ0v) is 15.8. The Balaban J connectivity index is 1.49. The van der Waals surface area contributed by atoms with E-state index in [9.17, 15) is 4.39 Å². The van der Waals surface area contributed by atoms with Crippen LogP contribution in [-0.2, 0) is 0 Å². The molecule has 0 aliphatic heterocycles. The molecule has 0 radical (unpaired) electrons. The number of nitriles is 2. The summed E-state index contributed by atoms with van der Waals surface area (Å²) < 4.78 is 13.1. The zero-order chi connectivity index (χ0) is 19.2. The van der Waals surface area contributed by atoms with Crippen LogP contribution in [-0.4, -0.2) is 0 Å². The molecule has 3 heteroatoms. The molecule has 27 heavy (non-hydrogen) atoms. The van der Waals surface area contributed by atoms with Gasteiger partial charge in [0.1, 0.15) is 6.07 Å². The van der Waals surface area contributed by atoms with Crippen LogP contribution in [0.15, 0.2) is 48.3 Å². The first-order valence-corrected chi connectivity index (χ1v) is 10.1. The van der Waals surface area contributed by atoms with E-state index in [0.29, 0.717) is 17.8 Å². The number of benzene rings is 1. The van der Waals surface area contributed by atoms with E-state index in [4.69, 9.17) is 10.5 Å². The maximum atomic E-state index is 13.1. The minimum absolute atomic E-state index is 0.209. The summed E-state index contributed by atoms with van der Waals surface area (Å²) in [5.41, 5.74) is 3.47. The second-order valence-electron chi connectivity index (χ2n) is 8.10. The standard InChI is InChI=1S/C24H27FN2/c1-17(20-6-2-18(3-7-20)14-24(25)16-27)21-10-12-23(13-11-21)22-8-4-19(15-26)5-9-22/h4-5,8-9,14,18,20-21,23H,1-3,6-7,10-13H2/b24-14-/t18-,20-,21-,23-. The predicted octanol–water partition coefficient (Wildman–Crippen LogP) is 6.57. The van der Waals surface area contributed by atoms with Gasteiger partial charge in [-0.25, -0.2) is 0 Å². The highest BCUT2D eigenvalue weighted by Gasteiger charge is 2.29. The molecule has 0 bridgehead atoms. The van der Waals surface area contributed by atoms with Crippen LogP contribution in [0, 0.1) is 40.4 Å². The van der Waals surface area contributed by atoms with Crippen LogP contribution in [0.4, 0.5) is 4.39 Å². The normalized spacial score (nSPS) is 28.8. The third-order valence-electron chi connectivity index (χ3n) is 6.55. The number of halogens is 1. The number of hydrogen-bond acceptors (Lipinski definition) is 2. The Morgan fingerprint density at radius 3 is 2.00 bits per heavy atom. The summed E-state index contributed by atoms with van der Waals surface area (Å²) in [6.45, 7) is 4.45. The minimum atomic E-state index is -0.640. The molecular formula is C24H27FN2. The summed E-state index contributed by atoms with van der Waals surface area (Å²) in [6, 6.07) is 11.8. The highest BCUT2D eigenvalue weighted by Crippen LogP contribution is 2.43. The Morgan fingerprint density at radius 2 is 1.48 bits per heavy atom. The maximum Gasteiger partial charge on any atom is 0.196 e. The fourth-order valence-corrected chi connectivity index (χ4v) is 4.86. The van der Waals surface area contributed by atoms with Crippen molar-refractivity contribution in [2.75, 3.05) is 0 Å². The lowest BCUT2D eigenvalue weighted by Gasteiger charge is -2.35. The van der Waals surface area contributed by atoms with Gasteiger partial charge in [-0.05, 0) is 98.8 Å². The van der Waals surface area contributed by atoms with E-state index in [1.54, 1.807) is 6.07 Å². The molecule has 0 saturated heterocycles. The van der Waals surface area contributed by atoms with Crippen molar-refractivity contribution >= 4 is 0 Å². The Morgan fingerprint density at radius 1 is 0.926 bits per heavy atom. The molecule has 2 nitrogen and oxygen atoms in total. The molecule has 1 aromatic carbocycles. The Bertz CT molecular complexity index is 762. The molecule has 3 rings (SSSR count). The second kappa shape index (κ2) is 9.01. The van der Waals surface area contributed by atoms with Crippen LogP contribution in [0.2, 0.25) is 0 Å². The van der Waals surface area contributed by atoms with Crippen LogP contribution in [0.25, 0.3) is 0 Å². The molecule has 140 valence electrons. The van der Waals surface area contributed by atoms with Gasteiger partial charge in [0, 0.05) is 0 Å². The third-order valence-corrected chi connectivity index (χ3v) is 6.55. The Kier molecular flexibility index (Phi) is 6.46. The molecule has 0 aromatic heterocycles. The molecule has 2 fully saturated rings. The highest BCUT2D eigenvalue weighted by molar-refractivity contribution is 5.33. The van der Waals surface area contributed by atoms with E-state index < -0.39 is 5.83 Å². The predicted molar refractivity (Wildman–Crippen MR) is 105 cm³/mol. The minimum Gasteiger partial charge on any atom is -0.195 e. The van der Waals surface area contributed by atoms with Crippen LogP contribution in [0.1, 0.15) is 68.4 Å². The molecule has 0 unspecified atom stereocenters. The average Bonchev–Trinajstić information content (AvgIpc) is 2.74. The van der Waals surface area contributed by atoms with Crippen molar-refractivity contribution in [2.45, 2.75) is 57.3 Å². The van der Waals surface area contributed by atoms with Gasteiger partial charge in [-0.3, -0.25) is 0 Å². The van der Waals surface area contributed by atoms with Gasteiger partial charge < -0.3 is 0 Å². The summed E-state index contributed by atoms with van der Waals surface area (Å²) >= 11 is 0. The summed E-state index contributed by atoms with van der Waals surface area (Å²) in [5.74, 6) is 1.32. The van der Waals surface area contributed by atoms with Crippen molar-refractivity contribution in [3.8, 4) is 12.1 Å². The molecule has 0 atom stereocenters. The van der Waals surface area contributed by atoms with Crippen LogP contribution in [0.3, 0.4) is 0 Å². The molecule has 0 spiro atoms. The highest BCUT2D eigenvalue weighted by atomic mass is 19.1. The molecule has 2 aliphatic rings. The first kappa shape index (κ1) is 19.4. The molecular weight excluding hydrogens is 335 g/mol. The third kappa shape index (κ3) is 4.86. The lowest BCUT2D eigenvalue weighted by molar-refractivity contribution is 0.289. The second-order valence-corrected chi connectivity index (χ2v) is 8.10. The largest absolute Gasteiger partial charge is 0.196 e. The van der Waals surface area contributed by atoms with Crippen molar-refractivity contribution in [1.82, 2.24) is 0 Å². The fourth-order valence-electron chi connectivity index (χ4n) is 4.86. The monoisotopic (exact) mass is 362 g/mol. The molecule has 0 heterocycles. The van der Waals surface area contributed by atoms with E-state index in [0.717, 1.165) is 31.2 Å². The van der Waals surface area contributed by atoms with Gasteiger partial charge in [0.05, 0.1) is 11.6 Å². The van der Waals surface area contributed by atoms with E-state index in [2.05, 4.69) is 24.8 Å². The SMILES string of the molecule is C=C([C@H]1CC[C@H](/C=C(\F)C#N)CC1)[C@H]1CC[C@H](c2ccc(C#N)cc2)CC1. The van der Waals surface area contributed by atoms with Gasteiger partial charge in [-0.1, -0.05) is 24.3 Å². The molecule has 0 amide bonds. The zero-order valence-electron chi connectivity index (χ0n) is 15.8. The summed E-state index contributed by atoms with van der Waals surface area (Å²) in [5, 5.41) is 17.5. The van der Waals surface area contributed by atoms with Crippen LogP contribution >= 0.6 is 0 Å². The number of hydrogen-bond donors (Lipinski definition) is 0. The van der Waals surface area contributed by atoms with E-state index in [1.165, 1.54) is 42.9 Å². The molecule has 2 saturated carbocycles. The number of allylic oxidation sites excluding steroid dienone is 3. The van der Waals surface area contributed by atoms with Crippen molar-refractivity contribution in [3.63, 3.8) is 0 Å². The topological polar surface area (TPSA) is 47.6 Å². The van der Waals surface area contributed by atoms with Gasteiger partial charge in [0.2, 0.25) is 0 Å². The van der Waals surface area contributed by atoms with Crippen molar-refractivity contribution < 1.29 is 4.39 Å². The summed E-state index contributed by atoms with van der Waals surface area (Å²) in [7, 11) is 0. The van der Waals surface area contributed by atoms with Gasteiger partial charge in [-0.15, -0.1) is 0 Å². The van der Waals surface area contributed by atoms with Crippen molar-refractivity contribution in [1.29, 1.82) is 10.5 Å². The van der Waals surface area contributed by atoms with Crippen molar-refractivity contribution in [2.24, 2.45) is 17.8 Å². The van der Waals surface area contributed by atoms with Crippen molar-refractivity contribution in [3.05, 3.63) is 59.4 Å². The van der Waals surface area contributed by atoms with E-state index in [1.807, 2.05) is 12.1 Å². The first-order valence-electron chi connectivity index (χ1n) is 10.1. The first-order chi connectivity index (χ1) is 13.1. The fraction of sp³-hybridized carbons (Fsp3) is 0.500. The van der Waals surface area contributed by atoms with E-state index >= 15 is 0 Å². The van der Waals surface area contributed by atoms with Crippen LogP contribution in [0.5, 0.6) is 0 Å². The Labute approximate surface area is 162 Å². The summed E-state index contributed by atoms with van der Waals surface area (Å²) in [4.78, 5) is 0. The molecule has 1 aromatic rings. The van der Waals surface area contributed by atoms with Crippen LogP contribution < -0.4 is 0 Å². The number of rotatable bonds is 4. The number of nitrogens with zero attached hydrogens (tertiary/aromatic N) is 2. The lowest BCUT2D eigenvalue weighted by atomic mass is 9.70. The average molecular weight is 362 g/mol. The van der Waals surface area contributed by atoms with Gasteiger partial charge in [-0.2, -0.15) is 14.9 Å². The van der Waals surface area contributed by atoms with Gasteiger partial charge >= 0.3 is 0 Å². The van der Waals surface area contributed by atoms with Gasteiger partial charge in [0.15, 0.2) is 5.83 Å². The van der Waals surface area contributed by atoms with E-state index in [-0.39, 0.29) is 5.92 Å². The molecule has 0 N–H and O–H groups in total. The van der Waals surface area contributed by atoms with Gasteiger partial charge in [0.25, 0.3) is 0 Å². The lowest BCUT2D eigenvalue weighted by Crippen LogP contribution is -2.22. The maximum absolute atomic E-state index is 13.1. The quantitative estimate of drug-likeness (QED) is 0.449.